The minimum absolute atomic E-state index is 0.676. The van der Waals surface area contributed by atoms with Crippen LogP contribution in [0.15, 0.2) is 41.7 Å². The van der Waals surface area contributed by atoms with Gasteiger partial charge in [0, 0.05) is 12.4 Å². The van der Waals surface area contributed by atoms with E-state index in [-0.39, 0.29) is 0 Å². The predicted molar refractivity (Wildman–Crippen MR) is 69.8 cm³/mol. The van der Waals surface area contributed by atoms with Crippen LogP contribution in [0.2, 0.25) is 0 Å². The third-order valence-electron chi connectivity index (χ3n) is 2.61. The fourth-order valence-corrected chi connectivity index (χ4v) is 1.69. The Labute approximate surface area is 101 Å². The number of hydrogen-bond acceptors (Lipinski definition) is 3. The van der Waals surface area contributed by atoms with E-state index in [2.05, 4.69) is 40.9 Å². The molecule has 3 nitrogen and oxygen atoms in total. The molecule has 0 bridgehead atoms. The van der Waals surface area contributed by atoms with Crippen LogP contribution in [0, 0.1) is 13.8 Å². The summed E-state index contributed by atoms with van der Waals surface area (Å²) < 4.78 is 0. The Kier molecular flexibility index (Phi) is 3.28. The lowest BCUT2D eigenvalue weighted by Gasteiger charge is -2.05. The maximum Gasteiger partial charge on any atom is 0.173 e. The summed E-state index contributed by atoms with van der Waals surface area (Å²) >= 11 is 0. The zero-order valence-corrected chi connectivity index (χ0v) is 10.3. The van der Waals surface area contributed by atoms with Crippen LogP contribution < -0.4 is 0 Å². The van der Waals surface area contributed by atoms with E-state index in [1.165, 1.54) is 11.1 Å². The third kappa shape index (κ3) is 2.56. The minimum Gasteiger partial charge on any atom is -0.249 e. The van der Waals surface area contributed by atoms with E-state index in [0.717, 1.165) is 11.4 Å². The number of aryl methyl sites for hydroxylation is 2. The Bertz CT molecular complexity index is 524. The third-order valence-corrected chi connectivity index (χ3v) is 2.61. The van der Waals surface area contributed by atoms with E-state index in [1.807, 2.05) is 13.0 Å². The van der Waals surface area contributed by atoms with Crippen molar-refractivity contribution in [1.29, 1.82) is 0 Å². The van der Waals surface area contributed by atoms with Gasteiger partial charge in [0.05, 0.1) is 11.4 Å². The molecule has 0 spiro atoms. The Hall–Kier alpha value is -2.03. The first-order chi connectivity index (χ1) is 8.18. The molecule has 1 heterocycles. The standard InChI is InChI=1S/C14H15N3/c1-10-6-4-7-11(2)13(10)17-12(3)14-15-8-5-9-16-14/h4-9H,1-3H3. The van der Waals surface area contributed by atoms with Crippen LogP contribution in [0.25, 0.3) is 0 Å². The zero-order valence-electron chi connectivity index (χ0n) is 10.3. The van der Waals surface area contributed by atoms with Crippen LogP contribution >= 0.6 is 0 Å². The molecule has 0 unspecified atom stereocenters. The van der Waals surface area contributed by atoms with E-state index >= 15 is 0 Å². The van der Waals surface area contributed by atoms with Crippen molar-refractivity contribution in [3.63, 3.8) is 0 Å². The highest BCUT2D eigenvalue weighted by Crippen LogP contribution is 2.23. The number of aromatic nitrogens is 2. The number of hydrogen-bond donors (Lipinski definition) is 0. The second-order valence-electron chi connectivity index (χ2n) is 4.01. The second-order valence-corrected chi connectivity index (χ2v) is 4.01. The first-order valence-electron chi connectivity index (χ1n) is 5.57. The molecule has 2 aromatic rings. The van der Waals surface area contributed by atoms with Crippen molar-refractivity contribution in [2.45, 2.75) is 20.8 Å². The van der Waals surface area contributed by atoms with Crippen molar-refractivity contribution in [2.24, 2.45) is 4.99 Å². The number of rotatable bonds is 2. The molecule has 17 heavy (non-hydrogen) atoms. The second kappa shape index (κ2) is 4.87. The molecule has 0 aliphatic rings. The summed E-state index contributed by atoms with van der Waals surface area (Å²) in [5.74, 6) is 0.676. The maximum atomic E-state index is 4.62. The number of para-hydroxylation sites is 1. The number of aliphatic imine (C=N–C) groups is 1. The smallest absolute Gasteiger partial charge is 0.173 e. The maximum absolute atomic E-state index is 4.62. The summed E-state index contributed by atoms with van der Waals surface area (Å²) in [4.78, 5) is 13.0. The zero-order chi connectivity index (χ0) is 12.3. The van der Waals surface area contributed by atoms with Crippen molar-refractivity contribution >= 4 is 11.4 Å². The van der Waals surface area contributed by atoms with Gasteiger partial charge in [-0.3, -0.25) is 0 Å². The molecule has 0 aliphatic heterocycles. The molecule has 1 aromatic carbocycles. The van der Waals surface area contributed by atoms with Gasteiger partial charge < -0.3 is 0 Å². The fraction of sp³-hybridized carbons (Fsp3) is 0.214. The molecule has 0 fully saturated rings. The van der Waals surface area contributed by atoms with Crippen molar-refractivity contribution < 1.29 is 0 Å². The van der Waals surface area contributed by atoms with Crippen molar-refractivity contribution in [2.75, 3.05) is 0 Å². The fourth-order valence-electron chi connectivity index (χ4n) is 1.69. The average molecular weight is 225 g/mol. The van der Waals surface area contributed by atoms with Crippen molar-refractivity contribution in [3.8, 4) is 0 Å². The van der Waals surface area contributed by atoms with E-state index in [1.54, 1.807) is 18.5 Å². The molecule has 0 amide bonds. The molecule has 0 aliphatic carbocycles. The Morgan fingerprint density at radius 3 is 2.18 bits per heavy atom. The minimum atomic E-state index is 0.676. The van der Waals surface area contributed by atoms with Crippen LogP contribution in [0.3, 0.4) is 0 Å². The van der Waals surface area contributed by atoms with Crippen LogP contribution in [0.4, 0.5) is 5.69 Å². The summed E-state index contributed by atoms with van der Waals surface area (Å²) in [7, 11) is 0. The lowest BCUT2D eigenvalue weighted by Crippen LogP contribution is -2.01. The van der Waals surface area contributed by atoms with E-state index < -0.39 is 0 Å². The molecule has 86 valence electrons. The van der Waals surface area contributed by atoms with Crippen molar-refractivity contribution in [1.82, 2.24) is 9.97 Å². The van der Waals surface area contributed by atoms with Crippen LogP contribution in [-0.4, -0.2) is 15.7 Å². The van der Waals surface area contributed by atoms with E-state index in [4.69, 9.17) is 0 Å². The SMILES string of the molecule is CC(=Nc1c(C)cccc1C)c1ncccn1. The molecule has 2 rings (SSSR count). The summed E-state index contributed by atoms with van der Waals surface area (Å²) in [6.07, 6.45) is 3.46. The van der Waals surface area contributed by atoms with Crippen LogP contribution in [0.1, 0.15) is 23.9 Å². The van der Waals surface area contributed by atoms with Crippen molar-refractivity contribution in [3.05, 3.63) is 53.6 Å². The molecule has 0 saturated heterocycles. The van der Waals surface area contributed by atoms with Gasteiger partial charge in [0.25, 0.3) is 0 Å². The largest absolute Gasteiger partial charge is 0.249 e. The van der Waals surface area contributed by atoms with Crippen LogP contribution in [-0.2, 0) is 0 Å². The van der Waals surface area contributed by atoms with Crippen LogP contribution in [0.5, 0.6) is 0 Å². The van der Waals surface area contributed by atoms with Gasteiger partial charge in [0.1, 0.15) is 0 Å². The average Bonchev–Trinajstić information content (AvgIpc) is 2.35. The highest BCUT2D eigenvalue weighted by Gasteiger charge is 2.03. The highest BCUT2D eigenvalue weighted by molar-refractivity contribution is 5.97. The Morgan fingerprint density at radius 1 is 1.00 bits per heavy atom. The first kappa shape index (κ1) is 11.5. The molecule has 1 aromatic heterocycles. The lowest BCUT2D eigenvalue weighted by atomic mass is 10.1. The quantitative estimate of drug-likeness (QED) is 0.736. The number of nitrogens with zero attached hydrogens (tertiary/aromatic N) is 3. The van der Waals surface area contributed by atoms with Gasteiger partial charge in [-0.25, -0.2) is 15.0 Å². The van der Waals surface area contributed by atoms with Gasteiger partial charge in [-0.2, -0.15) is 0 Å². The molecule has 0 radical (unpaired) electrons. The van der Waals surface area contributed by atoms with Gasteiger partial charge in [-0.05, 0) is 38.0 Å². The molecule has 0 saturated carbocycles. The molecular weight excluding hydrogens is 210 g/mol. The summed E-state index contributed by atoms with van der Waals surface area (Å²) in [6, 6.07) is 7.96. The van der Waals surface area contributed by atoms with Gasteiger partial charge in [-0.1, -0.05) is 18.2 Å². The van der Waals surface area contributed by atoms with Gasteiger partial charge >= 0.3 is 0 Å². The normalized spacial score (nSPS) is 11.6. The van der Waals surface area contributed by atoms with Gasteiger partial charge in [0.2, 0.25) is 0 Å². The summed E-state index contributed by atoms with van der Waals surface area (Å²) in [5, 5.41) is 0. The topological polar surface area (TPSA) is 38.1 Å². The molecule has 0 N–H and O–H groups in total. The van der Waals surface area contributed by atoms with Gasteiger partial charge in [-0.15, -0.1) is 0 Å². The Morgan fingerprint density at radius 2 is 1.59 bits per heavy atom. The first-order valence-corrected chi connectivity index (χ1v) is 5.57. The Balaban J connectivity index is 2.43. The van der Waals surface area contributed by atoms with Gasteiger partial charge in [0.15, 0.2) is 5.82 Å². The van der Waals surface area contributed by atoms with E-state index in [0.29, 0.717) is 5.82 Å². The molecule has 0 atom stereocenters. The monoisotopic (exact) mass is 225 g/mol. The number of benzene rings is 1. The summed E-state index contributed by atoms with van der Waals surface area (Å²) in [6.45, 7) is 6.05. The van der Waals surface area contributed by atoms with E-state index in [9.17, 15) is 0 Å². The lowest BCUT2D eigenvalue weighted by molar-refractivity contribution is 1.12. The molecular formula is C14H15N3. The predicted octanol–water partition coefficient (Wildman–Crippen LogP) is 3.23. The molecule has 3 heteroatoms. The summed E-state index contributed by atoms with van der Waals surface area (Å²) in [5.41, 5.74) is 4.18. The highest BCUT2D eigenvalue weighted by atomic mass is 14.9.